The van der Waals surface area contributed by atoms with Crippen molar-refractivity contribution in [1.82, 2.24) is 5.32 Å². The Hall–Kier alpha value is -0.280. The van der Waals surface area contributed by atoms with Crippen molar-refractivity contribution in [3.8, 4) is 0 Å². The molecule has 0 saturated heterocycles. The van der Waals surface area contributed by atoms with Crippen LogP contribution >= 0.6 is 12.4 Å². The highest BCUT2D eigenvalue weighted by atomic mass is 35.5. The minimum Gasteiger partial charge on any atom is -0.480 e. The summed E-state index contributed by atoms with van der Waals surface area (Å²) in [7, 11) is 0. The molecule has 0 fully saturated rings. The third kappa shape index (κ3) is 9.21. The molecule has 0 aromatic carbocycles. The Morgan fingerprint density at radius 1 is 1.75 bits per heavy atom. The van der Waals surface area contributed by atoms with Crippen LogP contribution in [0.25, 0.3) is 0 Å². The average Bonchev–Trinajstić information content (AvgIpc) is 1.61. The van der Waals surface area contributed by atoms with Gasteiger partial charge in [0, 0.05) is 0 Å². The van der Waals surface area contributed by atoms with Crippen molar-refractivity contribution in [2.24, 2.45) is 0 Å². The average molecular weight is 140 g/mol. The quantitative estimate of drug-likeness (QED) is 0.583. The molecule has 0 aromatic heterocycles. The van der Waals surface area contributed by atoms with Gasteiger partial charge >= 0.3 is 5.97 Å². The van der Waals surface area contributed by atoms with Crippen LogP contribution in [0.4, 0.5) is 0 Å². The minimum absolute atomic E-state index is 0. The van der Waals surface area contributed by atoms with Crippen molar-refractivity contribution < 1.29 is 9.90 Å². The van der Waals surface area contributed by atoms with Crippen LogP contribution in [0.2, 0.25) is 0 Å². The lowest BCUT2D eigenvalue weighted by Crippen LogP contribution is -2.21. The van der Waals surface area contributed by atoms with Crippen LogP contribution < -0.4 is 5.32 Å². The molecule has 0 spiro atoms. The maximum absolute atomic E-state index is 9.70. The van der Waals surface area contributed by atoms with Crippen LogP contribution in [-0.4, -0.2) is 24.2 Å². The van der Waals surface area contributed by atoms with Crippen molar-refractivity contribution in [3.05, 3.63) is 0 Å². The number of aliphatic carboxylic acids is 1. The van der Waals surface area contributed by atoms with Crippen LogP contribution in [0.15, 0.2) is 0 Å². The van der Waals surface area contributed by atoms with Gasteiger partial charge < -0.3 is 10.4 Å². The van der Waals surface area contributed by atoms with E-state index in [1.54, 1.807) is 0 Å². The van der Waals surface area contributed by atoms with Gasteiger partial charge in [-0.3, -0.25) is 4.79 Å². The van der Waals surface area contributed by atoms with Crippen molar-refractivity contribution in [3.63, 3.8) is 0 Å². The lowest BCUT2D eigenvalue weighted by Gasteiger charge is -1.90. The summed E-state index contributed by atoms with van der Waals surface area (Å²) >= 11 is 0. The van der Waals surface area contributed by atoms with Crippen molar-refractivity contribution in [2.45, 2.75) is 6.92 Å². The molecular weight excluding hydrogens is 130 g/mol. The van der Waals surface area contributed by atoms with E-state index in [1.807, 2.05) is 6.92 Å². The second kappa shape index (κ2) is 6.72. The van der Waals surface area contributed by atoms with E-state index >= 15 is 0 Å². The predicted molar refractivity (Wildman–Crippen MR) is 33.4 cm³/mol. The summed E-state index contributed by atoms with van der Waals surface area (Å²) in [6.45, 7) is 2.64. The van der Waals surface area contributed by atoms with E-state index in [1.165, 1.54) is 0 Å². The molecule has 0 amide bonds. The van der Waals surface area contributed by atoms with Gasteiger partial charge in [-0.15, -0.1) is 12.4 Å². The molecule has 0 aliphatic carbocycles. The van der Waals surface area contributed by atoms with Crippen LogP contribution in [0.5, 0.6) is 0 Å². The summed E-state index contributed by atoms with van der Waals surface area (Å²) in [6.07, 6.45) is 0. The number of hydrogen-bond acceptors (Lipinski definition) is 2. The first-order chi connectivity index (χ1) is 3.27. The summed E-state index contributed by atoms with van der Waals surface area (Å²) in [5, 5.41) is 10.6. The summed E-state index contributed by atoms with van der Waals surface area (Å²) in [5.41, 5.74) is 0. The van der Waals surface area contributed by atoms with Crippen LogP contribution in [0.1, 0.15) is 6.92 Å². The van der Waals surface area contributed by atoms with Gasteiger partial charge in [0.25, 0.3) is 0 Å². The smallest absolute Gasteiger partial charge is 0.317 e. The molecular formula is C4H10ClNO2. The third-order valence-corrected chi connectivity index (χ3v) is 0.526. The van der Waals surface area contributed by atoms with Gasteiger partial charge in [0.05, 0.1) is 6.54 Å². The molecule has 0 heterocycles. The molecule has 2 N–H and O–H groups in total. The van der Waals surface area contributed by atoms with E-state index in [2.05, 4.69) is 5.32 Å². The second-order valence-corrected chi connectivity index (χ2v) is 1.17. The van der Waals surface area contributed by atoms with Gasteiger partial charge in [-0.25, -0.2) is 0 Å². The molecule has 0 aliphatic heterocycles. The summed E-state index contributed by atoms with van der Waals surface area (Å²) in [4.78, 5) is 9.70. The number of nitrogens with one attached hydrogen (secondary N) is 1. The van der Waals surface area contributed by atoms with Crippen molar-refractivity contribution in [1.29, 1.82) is 0 Å². The Balaban J connectivity index is 0. The zero-order valence-electron chi connectivity index (χ0n) is 4.68. The highest BCUT2D eigenvalue weighted by molar-refractivity contribution is 5.85. The summed E-state index contributed by atoms with van der Waals surface area (Å²) in [6, 6.07) is 0. The Labute approximate surface area is 54.5 Å². The Bertz CT molecular complexity index is 67.1. The third-order valence-electron chi connectivity index (χ3n) is 0.526. The van der Waals surface area contributed by atoms with Gasteiger partial charge in [0.1, 0.15) is 0 Å². The van der Waals surface area contributed by atoms with Gasteiger partial charge in [-0.05, 0) is 6.54 Å². The summed E-state index contributed by atoms with van der Waals surface area (Å²) < 4.78 is 0. The van der Waals surface area contributed by atoms with Gasteiger partial charge in [-0.2, -0.15) is 0 Å². The standard InChI is InChI=1S/C4H9NO2.ClH/c1-2-5-3-4(6)7;/h5H,2-3H2,1H3,(H,6,7);1H. The van der Waals surface area contributed by atoms with E-state index < -0.39 is 5.97 Å². The number of carboxylic acid groups (broad SMARTS) is 1. The molecule has 0 unspecified atom stereocenters. The zero-order chi connectivity index (χ0) is 5.70. The first-order valence-corrected chi connectivity index (χ1v) is 2.20. The zero-order valence-corrected chi connectivity index (χ0v) is 5.49. The number of rotatable bonds is 3. The Kier molecular flexibility index (Phi) is 8.95. The van der Waals surface area contributed by atoms with Crippen LogP contribution in [0.3, 0.4) is 0 Å². The van der Waals surface area contributed by atoms with E-state index in [0.717, 1.165) is 0 Å². The SMILES string of the molecule is CCNCC(=O)O.Cl. The maximum Gasteiger partial charge on any atom is 0.317 e. The molecule has 0 radical (unpaired) electrons. The van der Waals surface area contributed by atoms with E-state index in [4.69, 9.17) is 5.11 Å². The maximum atomic E-state index is 9.70. The van der Waals surface area contributed by atoms with Crippen molar-refractivity contribution >= 4 is 18.4 Å². The largest absolute Gasteiger partial charge is 0.480 e. The number of likely N-dealkylation sites (N-methyl/N-ethyl adjacent to an activating group) is 1. The van der Waals surface area contributed by atoms with Gasteiger partial charge in [-0.1, -0.05) is 6.92 Å². The van der Waals surface area contributed by atoms with E-state index in [-0.39, 0.29) is 19.0 Å². The molecule has 0 aliphatic rings. The molecule has 0 bridgehead atoms. The van der Waals surface area contributed by atoms with E-state index in [0.29, 0.717) is 6.54 Å². The predicted octanol–water partition coefficient (Wildman–Crippen LogP) is 0.102. The molecule has 0 saturated carbocycles. The fourth-order valence-electron chi connectivity index (χ4n) is 0.232. The topological polar surface area (TPSA) is 49.3 Å². The van der Waals surface area contributed by atoms with Crippen molar-refractivity contribution in [2.75, 3.05) is 13.1 Å². The van der Waals surface area contributed by atoms with Gasteiger partial charge in [0.15, 0.2) is 0 Å². The molecule has 0 atom stereocenters. The molecule has 3 nitrogen and oxygen atoms in total. The molecule has 8 heavy (non-hydrogen) atoms. The summed E-state index contributed by atoms with van der Waals surface area (Å²) in [5.74, 6) is -0.804. The van der Waals surface area contributed by atoms with Crippen LogP contribution in [-0.2, 0) is 4.79 Å². The number of halogens is 1. The monoisotopic (exact) mass is 139 g/mol. The highest BCUT2D eigenvalue weighted by Crippen LogP contribution is 1.56. The fourth-order valence-corrected chi connectivity index (χ4v) is 0.232. The highest BCUT2D eigenvalue weighted by Gasteiger charge is 1.88. The Morgan fingerprint density at radius 3 is 2.38 bits per heavy atom. The molecule has 0 aromatic rings. The lowest BCUT2D eigenvalue weighted by molar-refractivity contribution is -0.135. The lowest BCUT2D eigenvalue weighted by atomic mass is 10.6. The fraction of sp³-hybridized carbons (Fsp3) is 0.750. The first kappa shape index (κ1) is 10.7. The van der Waals surface area contributed by atoms with Crippen LogP contribution in [0, 0.1) is 0 Å². The molecule has 50 valence electrons. The normalized spacial score (nSPS) is 7.62. The number of carbonyl (C=O) groups is 1. The molecule has 0 rings (SSSR count). The minimum atomic E-state index is -0.804. The molecule has 4 heteroatoms. The van der Waals surface area contributed by atoms with E-state index in [9.17, 15) is 4.79 Å². The second-order valence-electron chi connectivity index (χ2n) is 1.17. The number of carboxylic acids is 1. The van der Waals surface area contributed by atoms with Gasteiger partial charge in [0.2, 0.25) is 0 Å². The Morgan fingerprint density at radius 2 is 2.25 bits per heavy atom. The first-order valence-electron chi connectivity index (χ1n) is 2.20. The number of hydrogen-bond donors (Lipinski definition) is 2.